The Balaban J connectivity index is 2.67. The van der Waals surface area contributed by atoms with Crippen molar-refractivity contribution in [3.8, 4) is 5.75 Å². The Labute approximate surface area is 96.2 Å². The van der Waals surface area contributed by atoms with Crippen molar-refractivity contribution in [1.82, 2.24) is 0 Å². The summed E-state index contributed by atoms with van der Waals surface area (Å²) in [6.07, 6.45) is 2.97. The Morgan fingerprint density at radius 1 is 1.40 bits per heavy atom. The van der Waals surface area contributed by atoms with Crippen LogP contribution in [0.5, 0.6) is 5.75 Å². The largest absolute Gasteiger partial charge is 0.492 e. The van der Waals surface area contributed by atoms with Crippen molar-refractivity contribution < 1.29 is 4.74 Å². The van der Waals surface area contributed by atoms with Crippen LogP contribution in [0.4, 0.5) is 0 Å². The molecular formula is C12H19NOS. The topological polar surface area (TPSA) is 35.2 Å². The molecule has 0 radical (unpaired) electrons. The minimum Gasteiger partial charge on any atom is -0.492 e. The van der Waals surface area contributed by atoms with Crippen molar-refractivity contribution in [1.29, 1.82) is 0 Å². The highest BCUT2D eigenvalue weighted by atomic mass is 32.2. The molecule has 0 spiro atoms. The molecule has 0 aliphatic heterocycles. The molecule has 0 amide bonds. The van der Waals surface area contributed by atoms with Crippen molar-refractivity contribution >= 4 is 11.8 Å². The summed E-state index contributed by atoms with van der Waals surface area (Å²) in [4.78, 5) is 0. The fraction of sp³-hybridized carbons (Fsp3) is 0.500. The number of hydrogen-bond acceptors (Lipinski definition) is 3. The molecule has 1 aromatic rings. The lowest BCUT2D eigenvalue weighted by Crippen LogP contribution is -2.07. The molecule has 0 heterocycles. The zero-order valence-electron chi connectivity index (χ0n) is 9.45. The Bertz CT molecular complexity index is 302. The van der Waals surface area contributed by atoms with Gasteiger partial charge in [-0.05, 0) is 37.8 Å². The lowest BCUT2D eigenvalue weighted by Gasteiger charge is -2.11. The van der Waals surface area contributed by atoms with E-state index in [1.165, 1.54) is 11.1 Å². The van der Waals surface area contributed by atoms with Crippen LogP contribution in [-0.2, 0) is 6.42 Å². The number of thioether (sulfide) groups is 1. The molecule has 0 aromatic heterocycles. The summed E-state index contributed by atoms with van der Waals surface area (Å²) in [7, 11) is 0. The lowest BCUT2D eigenvalue weighted by atomic mass is 10.1. The van der Waals surface area contributed by atoms with Gasteiger partial charge in [-0.2, -0.15) is 11.8 Å². The molecule has 0 unspecified atom stereocenters. The zero-order valence-corrected chi connectivity index (χ0v) is 10.3. The maximum atomic E-state index is 5.71. The molecule has 84 valence electrons. The summed E-state index contributed by atoms with van der Waals surface area (Å²) < 4.78 is 5.71. The third kappa shape index (κ3) is 4.14. The molecule has 0 bridgehead atoms. The molecule has 1 rings (SSSR count). The highest BCUT2D eigenvalue weighted by Crippen LogP contribution is 2.20. The number of aryl methyl sites for hydroxylation is 1. The van der Waals surface area contributed by atoms with Crippen LogP contribution in [0.3, 0.4) is 0 Å². The number of nitrogens with two attached hydrogens (primary N) is 1. The van der Waals surface area contributed by atoms with Crippen LogP contribution < -0.4 is 10.5 Å². The number of rotatable bonds is 6. The van der Waals surface area contributed by atoms with E-state index in [9.17, 15) is 0 Å². The molecule has 0 saturated heterocycles. The van der Waals surface area contributed by atoms with Crippen molar-refractivity contribution in [2.24, 2.45) is 5.73 Å². The van der Waals surface area contributed by atoms with E-state index in [2.05, 4.69) is 25.3 Å². The lowest BCUT2D eigenvalue weighted by molar-refractivity contribution is 0.340. The van der Waals surface area contributed by atoms with Gasteiger partial charge in [-0.1, -0.05) is 17.7 Å². The van der Waals surface area contributed by atoms with E-state index in [4.69, 9.17) is 10.5 Å². The minimum absolute atomic E-state index is 0.669. The highest BCUT2D eigenvalue weighted by molar-refractivity contribution is 7.98. The standard InChI is InChI=1S/C12H19NOS/c1-10-3-4-12(14-7-8-15-2)11(9-10)5-6-13/h3-4,9H,5-8,13H2,1-2H3. The molecule has 0 atom stereocenters. The maximum Gasteiger partial charge on any atom is 0.122 e. The Kier molecular flexibility index (Phi) is 5.58. The molecule has 0 aliphatic carbocycles. The first-order chi connectivity index (χ1) is 7.27. The van der Waals surface area contributed by atoms with Crippen LogP contribution in [0.2, 0.25) is 0 Å². The fourth-order valence-electron chi connectivity index (χ4n) is 1.43. The van der Waals surface area contributed by atoms with E-state index in [0.29, 0.717) is 6.54 Å². The predicted molar refractivity (Wildman–Crippen MR) is 67.8 cm³/mol. The van der Waals surface area contributed by atoms with E-state index < -0.39 is 0 Å². The third-order valence-corrected chi connectivity index (χ3v) is 2.75. The van der Waals surface area contributed by atoms with Gasteiger partial charge in [-0.25, -0.2) is 0 Å². The minimum atomic E-state index is 0.669. The Hall–Kier alpha value is -0.670. The normalized spacial score (nSPS) is 10.3. The summed E-state index contributed by atoms with van der Waals surface area (Å²) in [6, 6.07) is 6.27. The molecule has 3 heteroatoms. The fourth-order valence-corrected chi connectivity index (χ4v) is 1.68. The maximum absolute atomic E-state index is 5.71. The van der Waals surface area contributed by atoms with Crippen molar-refractivity contribution in [2.75, 3.05) is 25.2 Å². The van der Waals surface area contributed by atoms with E-state index >= 15 is 0 Å². The van der Waals surface area contributed by atoms with Crippen LogP contribution in [0.15, 0.2) is 18.2 Å². The van der Waals surface area contributed by atoms with Gasteiger partial charge in [0.1, 0.15) is 5.75 Å². The quantitative estimate of drug-likeness (QED) is 0.754. The van der Waals surface area contributed by atoms with Gasteiger partial charge in [0.2, 0.25) is 0 Å². The monoisotopic (exact) mass is 225 g/mol. The van der Waals surface area contributed by atoms with Gasteiger partial charge in [0.05, 0.1) is 6.61 Å². The van der Waals surface area contributed by atoms with E-state index in [1.54, 1.807) is 11.8 Å². The Morgan fingerprint density at radius 3 is 2.87 bits per heavy atom. The van der Waals surface area contributed by atoms with Gasteiger partial charge < -0.3 is 10.5 Å². The van der Waals surface area contributed by atoms with Crippen LogP contribution in [0, 0.1) is 6.92 Å². The smallest absolute Gasteiger partial charge is 0.122 e. The van der Waals surface area contributed by atoms with Gasteiger partial charge in [-0.15, -0.1) is 0 Å². The second kappa shape index (κ2) is 6.75. The van der Waals surface area contributed by atoms with Crippen molar-refractivity contribution in [3.63, 3.8) is 0 Å². The average molecular weight is 225 g/mol. The number of benzene rings is 1. The van der Waals surface area contributed by atoms with Gasteiger partial charge in [0.15, 0.2) is 0 Å². The van der Waals surface area contributed by atoms with Crippen molar-refractivity contribution in [2.45, 2.75) is 13.3 Å². The average Bonchev–Trinajstić information content (AvgIpc) is 2.22. The predicted octanol–water partition coefficient (Wildman–Crippen LogP) is 2.24. The van der Waals surface area contributed by atoms with E-state index in [1.807, 2.05) is 6.07 Å². The summed E-state index contributed by atoms with van der Waals surface area (Å²) in [5.41, 5.74) is 8.06. The van der Waals surface area contributed by atoms with Crippen LogP contribution in [-0.4, -0.2) is 25.2 Å². The van der Waals surface area contributed by atoms with E-state index in [-0.39, 0.29) is 0 Å². The highest BCUT2D eigenvalue weighted by Gasteiger charge is 2.02. The SMILES string of the molecule is CSCCOc1ccc(C)cc1CCN. The van der Waals surface area contributed by atoms with Crippen LogP contribution in [0.25, 0.3) is 0 Å². The first kappa shape index (κ1) is 12.4. The summed E-state index contributed by atoms with van der Waals surface area (Å²) in [6.45, 7) is 3.52. The third-order valence-electron chi connectivity index (χ3n) is 2.17. The van der Waals surface area contributed by atoms with Gasteiger partial charge in [0.25, 0.3) is 0 Å². The van der Waals surface area contributed by atoms with Crippen molar-refractivity contribution in [3.05, 3.63) is 29.3 Å². The van der Waals surface area contributed by atoms with Crippen LogP contribution >= 0.6 is 11.8 Å². The molecule has 0 saturated carbocycles. The van der Waals surface area contributed by atoms with Crippen LogP contribution in [0.1, 0.15) is 11.1 Å². The summed E-state index contributed by atoms with van der Waals surface area (Å²) in [5.74, 6) is 2.01. The zero-order chi connectivity index (χ0) is 11.1. The number of ether oxygens (including phenoxy) is 1. The second-order valence-electron chi connectivity index (χ2n) is 3.49. The Morgan fingerprint density at radius 2 is 2.20 bits per heavy atom. The van der Waals surface area contributed by atoms with Gasteiger partial charge >= 0.3 is 0 Å². The summed E-state index contributed by atoms with van der Waals surface area (Å²) in [5, 5.41) is 0. The summed E-state index contributed by atoms with van der Waals surface area (Å²) >= 11 is 1.79. The first-order valence-corrected chi connectivity index (χ1v) is 6.58. The molecule has 15 heavy (non-hydrogen) atoms. The molecule has 2 nitrogen and oxygen atoms in total. The molecule has 2 N–H and O–H groups in total. The molecular weight excluding hydrogens is 206 g/mol. The molecule has 1 aromatic carbocycles. The van der Waals surface area contributed by atoms with E-state index in [0.717, 1.165) is 24.5 Å². The first-order valence-electron chi connectivity index (χ1n) is 5.19. The number of hydrogen-bond donors (Lipinski definition) is 1. The second-order valence-corrected chi connectivity index (χ2v) is 4.48. The van der Waals surface area contributed by atoms with Gasteiger partial charge in [0, 0.05) is 5.75 Å². The molecule has 0 aliphatic rings. The molecule has 0 fully saturated rings. The van der Waals surface area contributed by atoms with Gasteiger partial charge in [-0.3, -0.25) is 0 Å².